The Kier molecular flexibility index (Phi) is 4.36. The Morgan fingerprint density at radius 3 is 2.48 bits per heavy atom. The second kappa shape index (κ2) is 6.04. The van der Waals surface area contributed by atoms with Gasteiger partial charge in [-0.15, -0.1) is 0 Å². The summed E-state index contributed by atoms with van der Waals surface area (Å²) >= 11 is 0. The van der Waals surface area contributed by atoms with Crippen molar-refractivity contribution in [3.63, 3.8) is 0 Å². The minimum atomic E-state index is -1.06. The molecule has 0 radical (unpaired) electrons. The first kappa shape index (κ1) is 15.2. The summed E-state index contributed by atoms with van der Waals surface area (Å²) in [6.07, 6.45) is 0. The highest BCUT2D eigenvalue weighted by Gasteiger charge is 2.14. The van der Waals surface area contributed by atoms with Gasteiger partial charge in [-0.05, 0) is 49.1 Å². The lowest BCUT2D eigenvalue weighted by molar-refractivity contribution is 0.0657. The van der Waals surface area contributed by atoms with Crippen LogP contribution < -0.4 is 4.74 Å². The van der Waals surface area contributed by atoms with E-state index in [9.17, 15) is 4.79 Å². The van der Waals surface area contributed by atoms with Gasteiger partial charge in [0.15, 0.2) is 0 Å². The van der Waals surface area contributed by atoms with Crippen molar-refractivity contribution in [2.24, 2.45) is 0 Å². The number of aromatic carboxylic acids is 1. The predicted molar refractivity (Wildman–Crippen MR) is 80.0 cm³/mol. The second-order valence-electron chi connectivity index (χ2n) is 5.49. The number of rotatable bonds is 5. The SMILES string of the molecule is Cc1cc(OCc2cc(C)c(C(=O)O)o2)ccc1C(C)C. The Morgan fingerprint density at radius 1 is 1.24 bits per heavy atom. The molecule has 1 heterocycles. The molecular formula is C17H20O4. The number of hydrogen-bond donors (Lipinski definition) is 1. The van der Waals surface area contributed by atoms with Gasteiger partial charge in [-0.1, -0.05) is 19.9 Å². The van der Waals surface area contributed by atoms with Crippen molar-refractivity contribution >= 4 is 5.97 Å². The van der Waals surface area contributed by atoms with Crippen LogP contribution in [0.25, 0.3) is 0 Å². The fourth-order valence-corrected chi connectivity index (χ4v) is 2.37. The van der Waals surface area contributed by atoms with Gasteiger partial charge in [0.2, 0.25) is 5.76 Å². The maximum absolute atomic E-state index is 10.9. The van der Waals surface area contributed by atoms with Crippen LogP contribution in [-0.4, -0.2) is 11.1 Å². The van der Waals surface area contributed by atoms with Gasteiger partial charge in [-0.2, -0.15) is 0 Å². The first-order chi connectivity index (χ1) is 9.88. The molecule has 0 aliphatic carbocycles. The molecule has 0 bridgehead atoms. The summed E-state index contributed by atoms with van der Waals surface area (Å²) in [7, 11) is 0. The summed E-state index contributed by atoms with van der Waals surface area (Å²) in [6, 6.07) is 7.67. The van der Waals surface area contributed by atoms with Crippen molar-refractivity contribution in [1.82, 2.24) is 0 Å². The molecule has 0 spiro atoms. The maximum Gasteiger partial charge on any atom is 0.372 e. The summed E-state index contributed by atoms with van der Waals surface area (Å²) in [5.41, 5.74) is 3.08. The van der Waals surface area contributed by atoms with Crippen molar-refractivity contribution in [2.45, 2.75) is 40.2 Å². The minimum Gasteiger partial charge on any atom is -0.486 e. The number of furan rings is 1. The van der Waals surface area contributed by atoms with Gasteiger partial charge in [0, 0.05) is 5.56 Å². The van der Waals surface area contributed by atoms with E-state index >= 15 is 0 Å². The van der Waals surface area contributed by atoms with Crippen LogP contribution in [0.5, 0.6) is 5.75 Å². The first-order valence-corrected chi connectivity index (χ1v) is 6.94. The fourth-order valence-electron chi connectivity index (χ4n) is 2.37. The molecule has 0 unspecified atom stereocenters. The predicted octanol–water partition coefficient (Wildman–Crippen LogP) is 4.30. The molecule has 0 aliphatic heterocycles. The Balaban J connectivity index is 2.08. The molecule has 0 fully saturated rings. The fraction of sp³-hybridized carbons (Fsp3) is 0.353. The van der Waals surface area contributed by atoms with Crippen LogP contribution in [0.3, 0.4) is 0 Å². The van der Waals surface area contributed by atoms with E-state index in [0.29, 0.717) is 17.2 Å². The zero-order valence-electron chi connectivity index (χ0n) is 12.8. The van der Waals surface area contributed by atoms with Gasteiger partial charge >= 0.3 is 5.97 Å². The van der Waals surface area contributed by atoms with Crippen molar-refractivity contribution in [2.75, 3.05) is 0 Å². The number of ether oxygens (including phenoxy) is 1. The Labute approximate surface area is 124 Å². The highest BCUT2D eigenvalue weighted by molar-refractivity contribution is 5.86. The van der Waals surface area contributed by atoms with Crippen LogP contribution in [0.1, 0.15) is 52.8 Å². The van der Waals surface area contributed by atoms with E-state index in [0.717, 1.165) is 5.75 Å². The van der Waals surface area contributed by atoms with Crippen molar-refractivity contribution in [3.8, 4) is 5.75 Å². The second-order valence-corrected chi connectivity index (χ2v) is 5.49. The van der Waals surface area contributed by atoms with Crippen LogP contribution in [0.2, 0.25) is 0 Å². The molecule has 1 aromatic heterocycles. The molecule has 21 heavy (non-hydrogen) atoms. The maximum atomic E-state index is 10.9. The van der Waals surface area contributed by atoms with Crippen LogP contribution in [0, 0.1) is 13.8 Å². The Hall–Kier alpha value is -2.23. The van der Waals surface area contributed by atoms with E-state index in [4.69, 9.17) is 14.3 Å². The normalized spacial score (nSPS) is 10.9. The van der Waals surface area contributed by atoms with Gasteiger partial charge in [0.05, 0.1) is 0 Å². The first-order valence-electron chi connectivity index (χ1n) is 6.94. The quantitative estimate of drug-likeness (QED) is 0.891. The molecule has 2 aromatic rings. The van der Waals surface area contributed by atoms with Crippen LogP contribution in [0.15, 0.2) is 28.7 Å². The van der Waals surface area contributed by atoms with E-state index in [1.54, 1.807) is 13.0 Å². The molecule has 0 saturated heterocycles. The van der Waals surface area contributed by atoms with E-state index in [-0.39, 0.29) is 12.4 Å². The molecular weight excluding hydrogens is 268 g/mol. The lowest BCUT2D eigenvalue weighted by atomic mass is 9.98. The number of aryl methyl sites for hydroxylation is 2. The highest BCUT2D eigenvalue weighted by atomic mass is 16.5. The number of carboxylic acids is 1. The summed E-state index contributed by atoms with van der Waals surface area (Å²) in [5, 5.41) is 8.95. The van der Waals surface area contributed by atoms with Crippen molar-refractivity contribution in [3.05, 3.63) is 52.5 Å². The van der Waals surface area contributed by atoms with Crippen LogP contribution in [-0.2, 0) is 6.61 Å². The Bertz CT molecular complexity index is 653. The number of benzene rings is 1. The molecule has 0 amide bonds. The molecule has 112 valence electrons. The monoisotopic (exact) mass is 288 g/mol. The van der Waals surface area contributed by atoms with E-state index in [2.05, 4.69) is 26.8 Å². The molecule has 0 aliphatic rings. The third kappa shape index (κ3) is 3.45. The molecule has 1 aromatic carbocycles. The van der Waals surface area contributed by atoms with Gasteiger partial charge in [-0.25, -0.2) is 4.79 Å². The van der Waals surface area contributed by atoms with Gasteiger partial charge in [0.25, 0.3) is 0 Å². The Morgan fingerprint density at radius 2 is 1.95 bits per heavy atom. The van der Waals surface area contributed by atoms with Gasteiger partial charge < -0.3 is 14.3 Å². The summed E-state index contributed by atoms with van der Waals surface area (Å²) in [5.74, 6) is 0.652. The molecule has 1 N–H and O–H groups in total. The minimum absolute atomic E-state index is 0.0278. The number of carbonyl (C=O) groups is 1. The lowest BCUT2D eigenvalue weighted by Gasteiger charge is -2.11. The molecule has 0 atom stereocenters. The topological polar surface area (TPSA) is 59.7 Å². The van der Waals surface area contributed by atoms with Crippen molar-refractivity contribution in [1.29, 1.82) is 0 Å². The zero-order valence-corrected chi connectivity index (χ0v) is 12.8. The van der Waals surface area contributed by atoms with Crippen LogP contribution in [0.4, 0.5) is 0 Å². The molecule has 2 rings (SSSR count). The molecule has 4 nitrogen and oxygen atoms in total. The van der Waals surface area contributed by atoms with Crippen molar-refractivity contribution < 1.29 is 19.1 Å². The zero-order chi connectivity index (χ0) is 15.6. The van der Waals surface area contributed by atoms with E-state index in [1.165, 1.54) is 11.1 Å². The summed E-state index contributed by atoms with van der Waals surface area (Å²) in [4.78, 5) is 10.9. The van der Waals surface area contributed by atoms with Crippen LogP contribution >= 0.6 is 0 Å². The number of hydrogen-bond acceptors (Lipinski definition) is 3. The third-order valence-electron chi connectivity index (χ3n) is 3.41. The van der Waals surface area contributed by atoms with E-state index < -0.39 is 5.97 Å². The standard InChI is InChI=1S/C17H20O4/c1-10(2)15-6-5-13(7-11(15)3)20-9-14-8-12(4)16(21-14)17(18)19/h5-8,10H,9H2,1-4H3,(H,18,19). The average Bonchev–Trinajstić information content (AvgIpc) is 2.77. The molecule has 0 saturated carbocycles. The van der Waals surface area contributed by atoms with Gasteiger partial charge in [-0.3, -0.25) is 0 Å². The van der Waals surface area contributed by atoms with Gasteiger partial charge in [0.1, 0.15) is 18.1 Å². The third-order valence-corrected chi connectivity index (χ3v) is 3.41. The average molecular weight is 288 g/mol. The smallest absolute Gasteiger partial charge is 0.372 e. The lowest BCUT2D eigenvalue weighted by Crippen LogP contribution is -1.97. The molecule has 4 heteroatoms. The van der Waals surface area contributed by atoms with E-state index in [1.807, 2.05) is 12.1 Å². The summed E-state index contributed by atoms with van der Waals surface area (Å²) in [6.45, 7) is 8.29. The number of carboxylic acid groups (broad SMARTS) is 1. The summed E-state index contributed by atoms with van der Waals surface area (Å²) < 4.78 is 10.9. The largest absolute Gasteiger partial charge is 0.486 e. The highest BCUT2D eigenvalue weighted by Crippen LogP contribution is 2.24.